The van der Waals surface area contributed by atoms with Gasteiger partial charge in [-0.05, 0) is 34.6 Å². The van der Waals surface area contributed by atoms with Gasteiger partial charge in [0, 0.05) is 18.3 Å². The van der Waals surface area contributed by atoms with Gasteiger partial charge in [-0.3, -0.25) is 0 Å². The highest BCUT2D eigenvalue weighted by atomic mass is 16.5. The molecule has 1 aromatic heterocycles. The van der Waals surface area contributed by atoms with Gasteiger partial charge in [0.25, 0.3) is 0 Å². The second-order valence-corrected chi connectivity index (χ2v) is 4.68. The van der Waals surface area contributed by atoms with Crippen molar-refractivity contribution in [1.82, 2.24) is 9.97 Å². The molecule has 0 atom stereocenters. The zero-order valence-electron chi connectivity index (χ0n) is 11.9. The van der Waals surface area contributed by atoms with E-state index in [1.54, 1.807) is 0 Å². The smallest absolute Gasteiger partial charge is 0.226 e. The molecule has 0 radical (unpaired) electrons. The fourth-order valence-electron chi connectivity index (χ4n) is 1.38. The van der Waals surface area contributed by atoms with Crippen LogP contribution in [0.15, 0.2) is 6.07 Å². The first kappa shape index (κ1) is 14.7. The van der Waals surface area contributed by atoms with E-state index in [-0.39, 0.29) is 12.2 Å². The minimum Gasteiger partial charge on any atom is -0.475 e. The van der Waals surface area contributed by atoms with E-state index in [1.807, 2.05) is 40.7 Å². The number of anilines is 1. The van der Waals surface area contributed by atoms with Crippen LogP contribution in [0.1, 0.15) is 33.4 Å². The van der Waals surface area contributed by atoms with Crippen molar-refractivity contribution in [2.24, 2.45) is 0 Å². The van der Waals surface area contributed by atoms with Gasteiger partial charge in [-0.25, -0.2) is 4.98 Å². The van der Waals surface area contributed by atoms with Crippen molar-refractivity contribution in [3.05, 3.63) is 11.8 Å². The molecule has 0 fully saturated rings. The van der Waals surface area contributed by atoms with E-state index in [9.17, 15) is 0 Å². The summed E-state index contributed by atoms with van der Waals surface area (Å²) in [6.45, 7) is 11.2. The summed E-state index contributed by atoms with van der Waals surface area (Å²) in [5.74, 6) is 1.18. The zero-order valence-corrected chi connectivity index (χ0v) is 11.9. The first-order valence-electron chi connectivity index (χ1n) is 6.35. The minimum atomic E-state index is 0.108. The molecule has 1 heterocycles. The first-order valence-corrected chi connectivity index (χ1v) is 6.35. The van der Waals surface area contributed by atoms with E-state index in [4.69, 9.17) is 9.47 Å². The Balaban J connectivity index is 2.51. The first-order chi connectivity index (χ1) is 8.47. The molecule has 0 aliphatic carbocycles. The van der Waals surface area contributed by atoms with Crippen LogP contribution < -0.4 is 10.1 Å². The Kier molecular flexibility index (Phi) is 5.85. The second kappa shape index (κ2) is 7.16. The quantitative estimate of drug-likeness (QED) is 0.756. The molecule has 0 saturated heterocycles. The van der Waals surface area contributed by atoms with Crippen LogP contribution in [0.5, 0.6) is 5.88 Å². The summed E-state index contributed by atoms with van der Waals surface area (Å²) in [6, 6.07) is 1.83. The number of aromatic nitrogens is 2. The highest BCUT2D eigenvalue weighted by Crippen LogP contribution is 2.13. The van der Waals surface area contributed by atoms with Gasteiger partial charge in [0.1, 0.15) is 0 Å². The molecule has 1 N–H and O–H groups in total. The van der Waals surface area contributed by atoms with Gasteiger partial charge in [0.15, 0.2) is 0 Å². The Morgan fingerprint density at radius 1 is 1.17 bits per heavy atom. The average Bonchev–Trinajstić information content (AvgIpc) is 2.22. The van der Waals surface area contributed by atoms with E-state index >= 15 is 0 Å². The maximum absolute atomic E-state index is 5.56. The fourth-order valence-corrected chi connectivity index (χ4v) is 1.38. The van der Waals surface area contributed by atoms with E-state index in [2.05, 4.69) is 15.3 Å². The second-order valence-electron chi connectivity index (χ2n) is 4.68. The summed E-state index contributed by atoms with van der Waals surface area (Å²) in [4.78, 5) is 8.59. The van der Waals surface area contributed by atoms with Crippen molar-refractivity contribution in [3.63, 3.8) is 0 Å². The third-order valence-corrected chi connectivity index (χ3v) is 2.02. The Labute approximate surface area is 109 Å². The van der Waals surface area contributed by atoms with Crippen molar-refractivity contribution in [3.8, 4) is 5.88 Å². The Morgan fingerprint density at radius 2 is 1.89 bits per heavy atom. The SMILES string of the molecule is Cc1cc(OC(C)C)nc(NCCOC(C)C)n1. The summed E-state index contributed by atoms with van der Waals surface area (Å²) in [7, 11) is 0. The van der Waals surface area contributed by atoms with Crippen LogP contribution in [0.25, 0.3) is 0 Å². The maximum Gasteiger partial charge on any atom is 0.226 e. The van der Waals surface area contributed by atoms with Gasteiger partial charge in [-0.1, -0.05) is 0 Å². The molecule has 0 saturated carbocycles. The largest absolute Gasteiger partial charge is 0.475 e. The molecule has 0 amide bonds. The van der Waals surface area contributed by atoms with Gasteiger partial charge in [0.05, 0.1) is 18.8 Å². The highest BCUT2D eigenvalue weighted by Gasteiger charge is 2.04. The van der Waals surface area contributed by atoms with Crippen molar-refractivity contribution in [1.29, 1.82) is 0 Å². The van der Waals surface area contributed by atoms with Gasteiger partial charge in [-0.2, -0.15) is 4.98 Å². The molecular formula is C13H23N3O2. The molecule has 102 valence electrons. The lowest BCUT2D eigenvalue weighted by molar-refractivity contribution is 0.0869. The molecular weight excluding hydrogens is 230 g/mol. The number of rotatable bonds is 7. The number of nitrogens with one attached hydrogen (secondary N) is 1. The van der Waals surface area contributed by atoms with Crippen LogP contribution in [0.4, 0.5) is 5.95 Å². The molecule has 0 bridgehead atoms. The highest BCUT2D eigenvalue weighted by molar-refractivity contribution is 5.30. The maximum atomic E-state index is 5.56. The zero-order chi connectivity index (χ0) is 13.5. The third kappa shape index (κ3) is 5.82. The summed E-state index contributed by atoms with van der Waals surface area (Å²) in [6.07, 6.45) is 0.349. The number of ether oxygens (including phenoxy) is 2. The lowest BCUT2D eigenvalue weighted by atomic mass is 10.4. The normalized spacial score (nSPS) is 11.1. The number of hydrogen-bond donors (Lipinski definition) is 1. The number of nitrogens with zero attached hydrogens (tertiary/aromatic N) is 2. The molecule has 5 heteroatoms. The van der Waals surface area contributed by atoms with Crippen molar-refractivity contribution in [2.45, 2.75) is 46.8 Å². The summed E-state index contributed by atoms with van der Waals surface area (Å²) >= 11 is 0. The number of hydrogen-bond acceptors (Lipinski definition) is 5. The third-order valence-electron chi connectivity index (χ3n) is 2.02. The summed E-state index contributed by atoms with van der Waals surface area (Å²) in [5.41, 5.74) is 0.882. The van der Waals surface area contributed by atoms with Gasteiger partial charge >= 0.3 is 0 Å². The van der Waals surface area contributed by atoms with E-state index in [0.717, 1.165) is 5.69 Å². The van der Waals surface area contributed by atoms with Crippen LogP contribution in [-0.4, -0.2) is 35.3 Å². The van der Waals surface area contributed by atoms with Gasteiger partial charge in [0.2, 0.25) is 11.8 Å². The Morgan fingerprint density at radius 3 is 2.50 bits per heavy atom. The Bertz CT molecular complexity index is 367. The fraction of sp³-hybridized carbons (Fsp3) is 0.692. The van der Waals surface area contributed by atoms with Crippen molar-refractivity contribution >= 4 is 5.95 Å². The van der Waals surface area contributed by atoms with Crippen LogP contribution in [0.2, 0.25) is 0 Å². The van der Waals surface area contributed by atoms with Crippen molar-refractivity contribution in [2.75, 3.05) is 18.5 Å². The predicted octanol–water partition coefficient (Wildman–Crippen LogP) is 2.41. The monoisotopic (exact) mass is 253 g/mol. The van der Waals surface area contributed by atoms with Crippen LogP contribution >= 0.6 is 0 Å². The molecule has 0 aliphatic rings. The lowest BCUT2D eigenvalue weighted by Crippen LogP contribution is -2.15. The van der Waals surface area contributed by atoms with Crippen LogP contribution in [-0.2, 0) is 4.74 Å². The van der Waals surface area contributed by atoms with E-state index in [1.165, 1.54) is 0 Å². The molecule has 0 aliphatic heterocycles. The molecule has 0 spiro atoms. The summed E-state index contributed by atoms with van der Waals surface area (Å²) in [5, 5.41) is 3.13. The Hall–Kier alpha value is -1.36. The van der Waals surface area contributed by atoms with Gasteiger partial charge < -0.3 is 14.8 Å². The van der Waals surface area contributed by atoms with Crippen molar-refractivity contribution < 1.29 is 9.47 Å². The summed E-state index contributed by atoms with van der Waals surface area (Å²) < 4.78 is 11.0. The van der Waals surface area contributed by atoms with Crippen LogP contribution in [0, 0.1) is 6.92 Å². The standard InChI is InChI=1S/C13H23N3O2/c1-9(2)17-7-6-14-13-15-11(5)8-12(16-13)18-10(3)4/h8-10H,6-7H2,1-5H3,(H,14,15,16). The van der Waals surface area contributed by atoms with E-state index < -0.39 is 0 Å². The topological polar surface area (TPSA) is 56.3 Å². The molecule has 5 nitrogen and oxygen atoms in total. The predicted molar refractivity (Wildman–Crippen MR) is 72.1 cm³/mol. The molecule has 1 rings (SSSR count). The lowest BCUT2D eigenvalue weighted by Gasteiger charge is -2.12. The minimum absolute atomic E-state index is 0.108. The molecule has 0 unspecified atom stereocenters. The molecule has 1 aromatic rings. The molecule has 0 aromatic carbocycles. The average molecular weight is 253 g/mol. The molecule has 18 heavy (non-hydrogen) atoms. The van der Waals surface area contributed by atoms with Gasteiger partial charge in [-0.15, -0.1) is 0 Å². The van der Waals surface area contributed by atoms with Crippen LogP contribution in [0.3, 0.4) is 0 Å². The van der Waals surface area contributed by atoms with E-state index in [0.29, 0.717) is 25.0 Å². The number of aryl methyl sites for hydroxylation is 1.